The molecular weight excluding hydrogens is 232 g/mol. The third-order valence-corrected chi connectivity index (χ3v) is 3.58. The Morgan fingerprint density at radius 3 is 2.11 bits per heavy atom. The molecule has 0 aliphatic rings. The third-order valence-electron chi connectivity index (χ3n) is 3.58. The maximum absolute atomic E-state index is 9.61. The second-order valence-electron chi connectivity index (χ2n) is 7.37. The van der Waals surface area contributed by atoms with Crippen molar-refractivity contribution in [2.24, 2.45) is 5.41 Å². The van der Waals surface area contributed by atoms with Crippen LogP contribution in [0.4, 0.5) is 0 Å². The molecule has 0 fully saturated rings. The van der Waals surface area contributed by atoms with Crippen molar-refractivity contribution < 1.29 is 5.11 Å². The van der Waals surface area contributed by atoms with Gasteiger partial charge in [-0.1, -0.05) is 58.9 Å². The molecule has 0 saturated carbocycles. The second-order valence-corrected chi connectivity index (χ2v) is 7.37. The molecule has 0 bridgehead atoms. The summed E-state index contributed by atoms with van der Waals surface area (Å²) in [6, 6.07) is 12.1. The van der Waals surface area contributed by atoms with Gasteiger partial charge >= 0.3 is 0 Å². The smallest absolute Gasteiger partial charge is 0.116 e. The zero-order valence-corrected chi connectivity index (χ0v) is 12.6. The Bertz CT molecular complexity index is 588. The van der Waals surface area contributed by atoms with E-state index in [1.54, 1.807) is 6.07 Å². The molecule has 19 heavy (non-hydrogen) atoms. The fourth-order valence-electron chi connectivity index (χ4n) is 3.08. The summed E-state index contributed by atoms with van der Waals surface area (Å²) in [5, 5.41) is 11.9. The first-order chi connectivity index (χ1) is 8.67. The largest absolute Gasteiger partial charge is 0.508 e. The molecule has 0 aliphatic heterocycles. The summed E-state index contributed by atoms with van der Waals surface area (Å²) in [6.45, 7) is 11.4. The number of fused-ring (bicyclic) bond motifs is 1. The lowest BCUT2D eigenvalue weighted by molar-refractivity contribution is 0.284. The van der Waals surface area contributed by atoms with Gasteiger partial charge in [0.2, 0.25) is 0 Å². The van der Waals surface area contributed by atoms with E-state index in [1.165, 1.54) is 10.9 Å². The first kappa shape index (κ1) is 13.9. The SMILES string of the molecule is CC(C)(C)CC(C)(C)c1ccc2ccc(O)cc2c1. The van der Waals surface area contributed by atoms with Crippen LogP contribution in [0.5, 0.6) is 5.75 Å². The summed E-state index contributed by atoms with van der Waals surface area (Å²) >= 11 is 0. The van der Waals surface area contributed by atoms with Crippen molar-refractivity contribution in [1.29, 1.82) is 0 Å². The van der Waals surface area contributed by atoms with E-state index < -0.39 is 0 Å². The number of aromatic hydroxyl groups is 1. The summed E-state index contributed by atoms with van der Waals surface area (Å²) in [4.78, 5) is 0. The molecule has 102 valence electrons. The van der Waals surface area contributed by atoms with E-state index in [9.17, 15) is 5.11 Å². The van der Waals surface area contributed by atoms with Crippen LogP contribution in [0.25, 0.3) is 10.8 Å². The van der Waals surface area contributed by atoms with Crippen LogP contribution in [0.2, 0.25) is 0 Å². The lowest BCUT2D eigenvalue weighted by Crippen LogP contribution is -2.24. The van der Waals surface area contributed by atoms with Crippen molar-refractivity contribution in [3.63, 3.8) is 0 Å². The van der Waals surface area contributed by atoms with E-state index in [4.69, 9.17) is 0 Å². The minimum atomic E-state index is 0.137. The molecule has 0 aliphatic carbocycles. The summed E-state index contributed by atoms with van der Waals surface area (Å²) in [5.74, 6) is 0.332. The van der Waals surface area contributed by atoms with Gasteiger partial charge in [-0.05, 0) is 45.7 Å². The van der Waals surface area contributed by atoms with E-state index in [-0.39, 0.29) is 5.41 Å². The molecular formula is C18H24O. The highest BCUT2D eigenvalue weighted by Gasteiger charge is 2.27. The monoisotopic (exact) mass is 256 g/mol. The van der Waals surface area contributed by atoms with Gasteiger partial charge in [0.05, 0.1) is 0 Å². The van der Waals surface area contributed by atoms with E-state index in [0.717, 1.165) is 11.8 Å². The molecule has 2 rings (SSSR count). The predicted octanol–water partition coefficient (Wildman–Crippen LogP) is 5.26. The maximum atomic E-state index is 9.61. The van der Waals surface area contributed by atoms with E-state index >= 15 is 0 Å². The highest BCUT2D eigenvalue weighted by atomic mass is 16.3. The summed E-state index contributed by atoms with van der Waals surface area (Å²) in [5.41, 5.74) is 1.77. The van der Waals surface area contributed by atoms with Crippen molar-refractivity contribution in [1.82, 2.24) is 0 Å². The molecule has 0 radical (unpaired) electrons. The quantitative estimate of drug-likeness (QED) is 0.777. The van der Waals surface area contributed by atoms with Gasteiger partial charge in [0, 0.05) is 0 Å². The second kappa shape index (κ2) is 4.56. The number of hydrogen-bond acceptors (Lipinski definition) is 1. The first-order valence-corrected chi connectivity index (χ1v) is 6.91. The topological polar surface area (TPSA) is 20.2 Å². The van der Waals surface area contributed by atoms with Gasteiger partial charge < -0.3 is 5.11 Å². The third kappa shape index (κ3) is 3.28. The van der Waals surface area contributed by atoms with Crippen molar-refractivity contribution >= 4 is 10.8 Å². The summed E-state index contributed by atoms with van der Waals surface area (Å²) in [7, 11) is 0. The Labute approximate surface area is 116 Å². The van der Waals surface area contributed by atoms with Gasteiger partial charge in [-0.3, -0.25) is 0 Å². The Balaban J connectivity index is 2.45. The Hall–Kier alpha value is -1.50. The first-order valence-electron chi connectivity index (χ1n) is 6.91. The maximum Gasteiger partial charge on any atom is 0.116 e. The van der Waals surface area contributed by atoms with Gasteiger partial charge in [-0.2, -0.15) is 0 Å². The van der Waals surface area contributed by atoms with Crippen LogP contribution in [0, 0.1) is 5.41 Å². The van der Waals surface area contributed by atoms with Gasteiger partial charge in [-0.15, -0.1) is 0 Å². The van der Waals surface area contributed by atoms with Crippen LogP contribution in [-0.4, -0.2) is 5.11 Å². The minimum absolute atomic E-state index is 0.137. The molecule has 0 heterocycles. The molecule has 1 N–H and O–H groups in total. The normalized spacial score (nSPS) is 12.9. The van der Waals surface area contributed by atoms with Crippen LogP contribution < -0.4 is 0 Å². The molecule has 2 aromatic carbocycles. The van der Waals surface area contributed by atoms with Gasteiger partial charge in [0.15, 0.2) is 0 Å². The lowest BCUT2D eigenvalue weighted by Gasteiger charge is -2.33. The summed E-state index contributed by atoms with van der Waals surface area (Å²) < 4.78 is 0. The fourth-order valence-corrected chi connectivity index (χ4v) is 3.08. The fraction of sp³-hybridized carbons (Fsp3) is 0.444. The Kier molecular flexibility index (Phi) is 3.34. The molecule has 2 aromatic rings. The van der Waals surface area contributed by atoms with Crippen LogP contribution in [-0.2, 0) is 5.41 Å². The number of rotatable bonds is 2. The van der Waals surface area contributed by atoms with Crippen LogP contribution in [0.15, 0.2) is 36.4 Å². The highest BCUT2D eigenvalue weighted by Crippen LogP contribution is 2.37. The standard InChI is InChI=1S/C18H24O/c1-17(2,3)12-18(4,5)15-8-6-13-7-9-16(19)11-14(13)10-15/h6-11,19H,12H2,1-5H3. The Morgan fingerprint density at radius 1 is 0.842 bits per heavy atom. The molecule has 0 unspecified atom stereocenters. The number of hydrogen-bond donors (Lipinski definition) is 1. The van der Waals surface area contributed by atoms with Crippen molar-refractivity contribution in [3.05, 3.63) is 42.0 Å². The molecule has 1 heteroatoms. The molecule has 0 aromatic heterocycles. The molecule has 0 amide bonds. The zero-order chi connectivity index (χ0) is 14.3. The number of phenolic OH excluding ortho intramolecular Hbond substituents is 1. The highest BCUT2D eigenvalue weighted by molar-refractivity contribution is 5.84. The van der Waals surface area contributed by atoms with Crippen LogP contribution in [0.3, 0.4) is 0 Å². The lowest BCUT2D eigenvalue weighted by atomic mass is 9.72. The Morgan fingerprint density at radius 2 is 1.47 bits per heavy atom. The van der Waals surface area contributed by atoms with Crippen LogP contribution in [0.1, 0.15) is 46.6 Å². The average molecular weight is 256 g/mol. The van der Waals surface area contributed by atoms with Crippen molar-refractivity contribution in [3.8, 4) is 5.75 Å². The van der Waals surface area contributed by atoms with E-state index in [2.05, 4.69) is 52.8 Å². The molecule has 1 nitrogen and oxygen atoms in total. The molecule has 0 atom stereocenters. The molecule has 0 spiro atoms. The number of benzene rings is 2. The van der Waals surface area contributed by atoms with Crippen molar-refractivity contribution in [2.45, 2.75) is 46.5 Å². The molecule has 0 saturated heterocycles. The average Bonchev–Trinajstić information content (AvgIpc) is 2.24. The van der Waals surface area contributed by atoms with Gasteiger partial charge in [0.25, 0.3) is 0 Å². The van der Waals surface area contributed by atoms with Crippen LogP contribution >= 0.6 is 0 Å². The predicted molar refractivity (Wildman–Crippen MR) is 82.7 cm³/mol. The van der Waals surface area contributed by atoms with Gasteiger partial charge in [-0.25, -0.2) is 0 Å². The van der Waals surface area contributed by atoms with Crippen molar-refractivity contribution in [2.75, 3.05) is 0 Å². The minimum Gasteiger partial charge on any atom is -0.508 e. The van der Waals surface area contributed by atoms with E-state index in [0.29, 0.717) is 11.2 Å². The van der Waals surface area contributed by atoms with Gasteiger partial charge in [0.1, 0.15) is 5.75 Å². The summed E-state index contributed by atoms with van der Waals surface area (Å²) in [6.07, 6.45) is 1.13. The number of phenols is 1. The zero-order valence-electron chi connectivity index (χ0n) is 12.6. The van der Waals surface area contributed by atoms with E-state index in [1.807, 2.05) is 12.1 Å².